The number of rotatable bonds is 37. The summed E-state index contributed by atoms with van der Waals surface area (Å²) in [4.78, 5) is 24.3. The van der Waals surface area contributed by atoms with Crippen molar-refractivity contribution in [2.24, 2.45) is 0 Å². The molecule has 0 aromatic carbocycles. The van der Waals surface area contributed by atoms with Crippen molar-refractivity contribution in [1.29, 1.82) is 0 Å². The molecule has 49 heavy (non-hydrogen) atoms. The van der Waals surface area contributed by atoms with Crippen LogP contribution in [0.15, 0.2) is 36.5 Å². The molecule has 0 bridgehead atoms. The van der Waals surface area contributed by atoms with Gasteiger partial charge in [0.05, 0.1) is 25.4 Å². The van der Waals surface area contributed by atoms with Crippen LogP contribution in [0.25, 0.3) is 0 Å². The molecule has 6 heteroatoms. The van der Waals surface area contributed by atoms with E-state index in [1.807, 2.05) is 0 Å². The average molecular weight is 690 g/mol. The zero-order valence-electron chi connectivity index (χ0n) is 32.2. The molecule has 0 aromatic rings. The van der Waals surface area contributed by atoms with Crippen molar-refractivity contribution in [3.05, 3.63) is 36.5 Å². The molecule has 0 radical (unpaired) electrons. The van der Waals surface area contributed by atoms with Gasteiger partial charge in [-0.05, 0) is 77.0 Å². The minimum atomic E-state index is -0.684. The third kappa shape index (κ3) is 35.7. The number of nitrogens with one attached hydrogen (secondary N) is 1. The number of carbonyl (C=O) groups is 2. The summed E-state index contributed by atoms with van der Waals surface area (Å²) >= 11 is 0. The van der Waals surface area contributed by atoms with Crippen LogP contribution in [0.5, 0.6) is 0 Å². The van der Waals surface area contributed by atoms with E-state index in [2.05, 4.69) is 55.6 Å². The Balaban J connectivity index is 3.56. The monoisotopic (exact) mass is 690 g/mol. The molecule has 0 aromatic heterocycles. The fourth-order valence-electron chi connectivity index (χ4n) is 5.90. The summed E-state index contributed by atoms with van der Waals surface area (Å²) in [5.74, 6) is -0.130. The summed E-state index contributed by atoms with van der Waals surface area (Å²) in [6.07, 6.45) is 43.8. The summed E-state index contributed by atoms with van der Waals surface area (Å²) in [5.41, 5.74) is 0. The zero-order valence-corrected chi connectivity index (χ0v) is 32.2. The lowest BCUT2D eigenvalue weighted by atomic mass is 10.0. The van der Waals surface area contributed by atoms with Gasteiger partial charge < -0.3 is 20.3 Å². The van der Waals surface area contributed by atoms with Crippen LogP contribution in [0.1, 0.15) is 200 Å². The van der Waals surface area contributed by atoms with E-state index in [0.717, 1.165) is 89.9 Å². The number of ether oxygens (including phenoxy) is 1. The summed E-state index contributed by atoms with van der Waals surface area (Å²) in [7, 11) is 0. The standard InChI is InChI=1S/C43H79NO5/c1-3-5-7-9-11-13-14-15-16-21-25-29-33-37-43(48)49-38-34-30-26-22-18-17-20-24-28-32-36-42(47)44-40(39-45)41(46)35-31-27-23-19-12-10-8-6-4-2/h7,9,13-14,18,22,40-41,45-46H,3-6,8,10-12,15-17,19-21,23-39H2,1-2H3,(H,44,47)/b9-7-,14-13-,22-18-. The van der Waals surface area contributed by atoms with Crippen LogP contribution in [0.2, 0.25) is 0 Å². The fourth-order valence-corrected chi connectivity index (χ4v) is 5.90. The molecule has 0 aliphatic rings. The van der Waals surface area contributed by atoms with Crippen LogP contribution in [-0.4, -0.2) is 47.4 Å². The topological polar surface area (TPSA) is 95.9 Å². The van der Waals surface area contributed by atoms with Gasteiger partial charge in [-0.15, -0.1) is 0 Å². The van der Waals surface area contributed by atoms with Crippen molar-refractivity contribution >= 4 is 11.9 Å². The molecule has 0 fully saturated rings. The molecular formula is C43H79NO5. The zero-order chi connectivity index (χ0) is 35.9. The Morgan fingerprint density at radius 1 is 0.571 bits per heavy atom. The van der Waals surface area contributed by atoms with E-state index in [9.17, 15) is 19.8 Å². The van der Waals surface area contributed by atoms with Crippen molar-refractivity contribution in [3.8, 4) is 0 Å². The van der Waals surface area contributed by atoms with Gasteiger partial charge in [0.25, 0.3) is 0 Å². The van der Waals surface area contributed by atoms with Gasteiger partial charge in [-0.3, -0.25) is 9.59 Å². The molecule has 2 atom stereocenters. The fraction of sp³-hybridized carbons (Fsp3) is 0.814. The minimum Gasteiger partial charge on any atom is -0.466 e. The van der Waals surface area contributed by atoms with Gasteiger partial charge in [0, 0.05) is 12.8 Å². The van der Waals surface area contributed by atoms with Crippen molar-refractivity contribution in [2.45, 2.75) is 212 Å². The predicted molar refractivity (Wildman–Crippen MR) is 209 cm³/mol. The van der Waals surface area contributed by atoms with E-state index in [-0.39, 0.29) is 18.5 Å². The van der Waals surface area contributed by atoms with E-state index in [1.165, 1.54) is 77.0 Å². The highest BCUT2D eigenvalue weighted by Crippen LogP contribution is 2.14. The molecule has 0 rings (SSSR count). The Kier molecular flexibility index (Phi) is 37.4. The highest BCUT2D eigenvalue weighted by Gasteiger charge is 2.20. The Morgan fingerprint density at radius 2 is 1.06 bits per heavy atom. The van der Waals surface area contributed by atoms with Crippen LogP contribution >= 0.6 is 0 Å². The maximum absolute atomic E-state index is 12.3. The van der Waals surface area contributed by atoms with Crippen molar-refractivity contribution in [1.82, 2.24) is 5.32 Å². The highest BCUT2D eigenvalue weighted by molar-refractivity contribution is 5.76. The van der Waals surface area contributed by atoms with E-state index in [4.69, 9.17) is 4.74 Å². The number of esters is 1. The first kappa shape index (κ1) is 47.1. The van der Waals surface area contributed by atoms with Gasteiger partial charge in [0.2, 0.25) is 5.91 Å². The lowest BCUT2D eigenvalue weighted by Crippen LogP contribution is -2.45. The van der Waals surface area contributed by atoms with Crippen LogP contribution < -0.4 is 5.32 Å². The Hall–Kier alpha value is -1.92. The van der Waals surface area contributed by atoms with Crippen LogP contribution in [0, 0.1) is 0 Å². The number of allylic oxidation sites excluding steroid dienone is 6. The smallest absolute Gasteiger partial charge is 0.305 e. The van der Waals surface area contributed by atoms with Crippen LogP contribution in [-0.2, 0) is 14.3 Å². The van der Waals surface area contributed by atoms with Crippen molar-refractivity contribution < 1.29 is 24.5 Å². The van der Waals surface area contributed by atoms with Gasteiger partial charge in [0.1, 0.15) is 0 Å². The number of aliphatic hydroxyl groups is 2. The van der Waals surface area contributed by atoms with Gasteiger partial charge in [0.15, 0.2) is 0 Å². The second-order valence-electron chi connectivity index (χ2n) is 14.0. The van der Waals surface area contributed by atoms with Gasteiger partial charge >= 0.3 is 5.97 Å². The lowest BCUT2D eigenvalue weighted by Gasteiger charge is -2.22. The number of unbranched alkanes of at least 4 members (excludes halogenated alkanes) is 20. The first-order valence-electron chi connectivity index (χ1n) is 20.7. The third-order valence-corrected chi connectivity index (χ3v) is 9.14. The van der Waals surface area contributed by atoms with E-state index in [1.54, 1.807) is 0 Å². The normalized spacial score (nSPS) is 13.1. The van der Waals surface area contributed by atoms with Gasteiger partial charge in [-0.2, -0.15) is 0 Å². The molecule has 1 amide bonds. The number of aliphatic hydroxyl groups excluding tert-OH is 2. The molecule has 0 aliphatic heterocycles. The number of hydrogen-bond acceptors (Lipinski definition) is 5. The molecule has 3 N–H and O–H groups in total. The molecule has 0 spiro atoms. The third-order valence-electron chi connectivity index (χ3n) is 9.14. The molecule has 0 aliphatic carbocycles. The largest absolute Gasteiger partial charge is 0.466 e. The SMILES string of the molecule is CCC/C=C\C/C=C\CCCCCCCC(=O)OCCCC/C=C\CCCCCCC(=O)NC(CO)C(O)CCCCCCCCCCC. The van der Waals surface area contributed by atoms with Gasteiger partial charge in [-0.1, -0.05) is 147 Å². The maximum Gasteiger partial charge on any atom is 0.305 e. The van der Waals surface area contributed by atoms with Crippen molar-refractivity contribution in [3.63, 3.8) is 0 Å². The quantitative estimate of drug-likeness (QED) is 0.0343. The lowest BCUT2D eigenvalue weighted by molar-refractivity contribution is -0.143. The molecule has 0 saturated heterocycles. The Bertz CT molecular complexity index is 808. The van der Waals surface area contributed by atoms with Crippen LogP contribution in [0.3, 0.4) is 0 Å². The molecule has 0 heterocycles. The molecule has 0 saturated carbocycles. The number of carbonyl (C=O) groups excluding carboxylic acids is 2. The van der Waals surface area contributed by atoms with E-state index >= 15 is 0 Å². The molecule has 6 nitrogen and oxygen atoms in total. The summed E-state index contributed by atoms with van der Waals surface area (Å²) in [6, 6.07) is -0.565. The first-order valence-corrected chi connectivity index (χ1v) is 20.7. The van der Waals surface area contributed by atoms with Gasteiger partial charge in [-0.25, -0.2) is 0 Å². The van der Waals surface area contributed by atoms with Crippen molar-refractivity contribution in [2.75, 3.05) is 13.2 Å². The number of hydrogen-bond donors (Lipinski definition) is 3. The minimum absolute atomic E-state index is 0.0535. The summed E-state index contributed by atoms with van der Waals surface area (Å²) in [5, 5.41) is 22.9. The Morgan fingerprint density at radius 3 is 1.65 bits per heavy atom. The average Bonchev–Trinajstić information content (AvgIpc) is 3.10. The predicted octanol–water partition coefficient (Wildman–Crippen LogP) is 11.4. The molecular weight excluding hydrogens is 610 g/mol. The second-order valence-corrected chi connectivity index (χ2v) is 14.0. The summed E-state index contributed by atoms with van der Waals surface area (Å²) < 4.78 is 5.40. The maximum atomic E-state index is 12.3. The summed E-state index contributed by atoms with van der Waals surface area (Å²) in [6.45, 7) is 4.74. The Labute approximate surface area is 303 Å². The second kappa shape index (κ2) is 38.9. The van der Waals surface area contributed by atoms with Crippen LogP contribution in [0.4, 0.5) is 0 Å². The first-order chi connectivity index (χ1) is 24.0. The highest BCUT2D eigenvalue weighted by atomic mass is 16.5. The van der Waals surface area contributed by atoms with E-state index < -0.39 is 12.1 Å². The molecule has 286 valence electrons. The number of amides is 1. The molecule has 2 unspecified atom stereocenters. The van der Waals surface area contributed by atoms with E-state index in [0.29, 0.717) is 25.9 Å².